The van der Waals surface area contributed by atoms with Gasteiger partial charge in [-0.25, -0.2) is 9.78 Å². The van der Waals surface area contributed by atoms with Gasteiger partial charge in [0, 0.05) is 11.6 Å². The van der Waals surface area contributed by atoms with Crippen LogP contribution in [0.2, 0.25) is 0 Å². The smallest absolute Gasteiger partial charge is 0.407 e. The first-order valence-corrected chi connectivity index (χ1v) is 8.84. The number of nitrogens with one attached hydrogen (secondary N) is 3. The average molecular weight is 350 g/mol. The van der Waals surface area contributed by atoms with Crippen LogP contribution >= 0.6 is 0 Å². The van der Waals surface area contributed by atoms with Crippen molar-refractivity contribution in [3.8, 4) is 0 Å². The van der Waals surface area contributed by atoms with Gasteiger partial charge in [-0.1, -0.05) is 12.8 Å². The molecule has 0 aliphatic heterocycles. The summed E-state index contributed by atoms with van der Waals surface area (Å²) in [5, 5.41) is 9.23. The predicted molar refractivity (Wildman–Crippen MR) is 99.6 cm³/mol. The minimum atomic E-state index is -0.443. The molecule has 5 N–H and O–H groups in total. The number of hydrogen-bond acceptors (Lipinski definition) is 7. The lowest BCUT2D eigenvalue weighted by Gasteiger charge is -2.22. The summed E-state index contributed by atoms with van der Waals surface area (Å²) in [5.41, 5.74) is 6.06. The molecule has 1 aromatic heterocycles. The van der Waals surface area contributed by atoms with E-state index in [-0.39, 0.29) is 11.6 Å². The fourth-order valence-electron chi connectivity index (χ4n) is 2.66. The topological polar surface area (TPSA) is 114 Å². The van der Waals surface area contributed by atoms with Gasteiger partial charge < -0.3 is 26.4 Å². The molecule has 1 aromatic rings. The maximum absolute atomic E-state index is 11.8. The summed E-state index contributed by atoms with van der Waals surface area (Å²) in [4.78, 5) is 20.4. The Morgan fingerprint density at radius 1 is 1.40 bits per heavy atom. The third kappa shape index (κ3) is 6.64. The van der Waals surface area contributed by atoms with E-state index in [4.69, 9.17) is 10.5 Å². The fourth-order valence-corrected chi connectivity index (χ4v) is 2.66. The van der Waals surface area contributed by atoms with Gasteiger partial charge >= 0.3 is 6.09 Å². The Morgan fingerprint density at radius 2 is 2.08 bits per heavy atom. The van der Waals surface area contributed by atoms with E-state index in [1.54, 1.807) is 6.20 Å². The van der Waals surface area contributed by atoms with Crippen molar-refractivity contribution in [1.29, 1.82) is 0 Å². The number of hydrogen-bond donors (Lipinski definition) is 4. The highest BCUT2D eigenvalue weighted by Gasteiger charge is 2.18. The Kier molecular flexibility index (Phi) is 6.27. The molecular weight excluding hydrogens is 320 g/mol. The molecule has 0 bridgehead atoms. The molecule has 0 aromatic carbocycles. The van der Waals surface area contributed by atoms with E-state index in [1.165, 1.54) is 12.8 Å². The van der Waals surface area contributed by atoms with Gasteiger partial charge in [-0.2, -0.15) is 4.98 Å². The summed E-state index contributed by atoms with van der Waals surface area (Å²) in [6.07, 6.45) is 5.58. The minimum absolute atomic E-state index is 0.331. The normalized spacial score (nSPS) is 16.3. The third-order valence-corrected chi connectivity index (χ3v) is 3.85. The zero-order valence-electron chi connectivity index (χ0n) is 15.6. The van der Waals surface area contributed by atoms with Crippen molar-refractivity contribution < 1.29 is 9.53 Å². The molecule has 2 rings (SSSR count). The fraction of sp³-hybridized carbons (Fsp3) is 0.706. The molecule has 1 atom stereocenters. The van der Waals surface area contributed by atoms with Crippen LogP contribution in [-0.2, 0) is 4.74 Å². The molecule has 1 aliphatic rings. The molecule has 8 heteroatoms. The number of amides is 1. The molecule has 1 aliphatic carbocycles. The van der Waals surface area contributed by atoms with Gasteiger partial charge in [0.15, 0.2) is 5.82 Å². The summed E-state index contributed by atoms with van der Waals surface area (Å²) >= 11 is 0. The molecule has 1 fully saturated rings. The lowest BCUT2D eigenvalue weighted by molar-refractivity contribution is 0.105. The maximum atomic E-state index is 11.8. The Balaban J connectivity index is 1.85. The number of anilines is 3. The van der Waals surface area contributed by atoms with Crippen LogP contribution in [0.1, 0.15) is 53.4 Å². The first-order valence-electron chi connectivity index (χ1n) is 8.84. The van der Waals surface area contributed by atoms with Crippen molar-refractivity contribution in [3.63, 3.8) is 0 Å². The lowest BCUT2D eigenvalue weighted by Crippen LogP contribution is -2.42. The number of nitrogens with zero attached hydrogens (tertiary/aromatic N) is 2. The average Bonchev–Trinajstić information content (AvgIpc) is 2.98. The van der Waals surface area contributed by atoms with Crippen molar-refractivity contribution in [2.75, 3.05) is 22.9 Å². The van der Waals surface area contributed by atoms with Crippen molar-refractivity contribution in [3.05, 3.63) is 6.20 Å². The molecule has 0 saturated heterocycles. The van der Waals surface area contributed by atoms with E-state index in [9.17, 15) is 4.79 Å². The standard InChI is InChI=1S/C17H30N6O2/c1-11(25-16(24)23-17(2,3)4)9-19-14-13(18)10-20-15(22-14)21-12-7-5-6-8-12/h10-12H,5-9,18H2,1-4H3,(H,23,24)(H2,19,20,21,22). The van der Waals surface area contributed by atoms with Crippen LogP contribution < -0.4 is 21.7 Å². The second-order valence-electron chi connectivity index (χ2n) is 7.60. The van der Waals surface area contributed by atoms with Crippen LogP contribution in [0.3, 0.4) is 0 Å². The zero-order valence-corrected chi connectivity index (χ0v) is 15.6. The van der Waals surface area contributed by atoms with Crippen molar-refractivity contribution >= 4 is 23.5 Å². The van der Waals surface area contributed by atoms with Crippen molar-refractivity contribution in [2.45, 2.75) is 71.1 Å². The van der Waals surface area contributed by atoms with Crippen LogP contribution in [0.5, 0.6) is 0 Å². The Hall–Kier alpha value is -2.25. The molecule has 8 nitrogen and oxygen atoms in total. The summed E-state index contributed by atoms with van der Waals surface area (Å²) in [5.74, 6) is 1.12. The van der Waals surface area contributed by atoms with E-state index in [2.05, 4.69) is 25.9 Å². The molecule has 1 heterocycles. The monoisotopic (exact) mass is 350 g/mol. The first-order chi connectivity index (χ1) is 11.7. The Morgan fingerprint density at radius 3 is 2.72 bits per heavy atom. The zero-order chi connectivity index (χ0) is 18.4. The number of nitrogen functional groups attached to an aromatic ring is 1. The van der Waals surface area contributed by atoms with E-state index >= 15 is 0 Å². The highest BCUT2D eigenvalue weighted by atomic mass is 16.6. The van der Waals surface area contributed by atoms with Gasteiger partial charge in [-0.3, -0.25) is 0 Å². The second kappa shape index (κ2) is 8.22. The predicted octanol–water partition coefficient (Wildman–Crippen LogP) is 2.74. The molecule has 25 heavy (non-hydrogen) atoms. The number of carbonyl (C=O) groups excluding carboxylic acids is 1. The molecule has 140 valence electrons. The Bertz CT molecular complexity index is 581. The highest BCUT2D eigenvalue weighted by molar-refractivity contribution is 5.68. The van der Waals surface area contributed by atoms with Crippen molar-refractivity contribution in [1.82, 2.24) is 15.3 Å². The van der Waals surface area contributed by atoms with Crippen LogP contribution in [0.15, 0.2) is 6.20 Å². The van der Waals surface area contributed by atoms with Crippen LogP contribution in [0, 0.1) is 0 Å². The first kappa shape index (κ1) is 19.1. The van der Waals surface area contributed by atoms with Crippen LogP contribution in [-0.4, -0.2) is 40.3 Å². The molecule has 1 unspecified atom stereocenters. The second-order valence-corrected chi connectivity index (χ2v) is 7.60. The minimum Gasteiger partial charge on any atom is -0.445 e. The van der Waals surface area contributed by atoms with E-state index in [1.807, 2.05) is 27.7 Å². The number of rotatable bonds is 6. The quantitative estimate of drug-likeness (QED) is 0.623. The SMILES string of the molecule is CC(CNc1nc(NC2CCCC2)ncc1N)OC(=O)NC(C)(C)C. The summed E-state index contributed by atoms with van der Waals surface area (Å²) in [7, 11) is 0. The molecule has 0 radical (unpaired) electrons. The van der Waals surface area contributed by atoms with Crippen molar-refractivity contribution in [2.24, 2.45) is 0 Å². The lowest BCUT2D eigenvalue weighted by atomic mass is 10.1. The number of carbonyl (C=O) groups is 1. The summed E-state index contributed by atoms with van der Waals surface area (Å²) in [6.45, 7) is 7.92. The van der Waals surface area contributed by atoms with E-state index in [0.717, 1.165) is 12.8 Å². The molecule has 1 saturated carbocycles. The number of aromatic nitrogens is 2. The summed E-state index contributed by atoms with van der Waals surface area (Å²) < 4.78 is 5.31. The van der Waals surface area contributed by atoms with Gasteiger partial charge in [-0.05, 0) is 40.5 Å². The molecule has 1 amide bonds. The van der Waals surface area contributed by atoms with Gasteiger partial charge in [0.1, 0.15) is 6.10 Å². The maximum Gasteiger partial charge on any atom is 0.407 e. The van der Waals surface area contributed by atoms with Crippen LogP contribution in [0.4, 0.5) is 22.2 Å². The number of ether oxygens (including phenoxy) is 1. The van der Waals surface area contributed by atoms with Gasteiger partial charge in [0.2, 0.25) is 5.95 Å². The van der Waals surface area contributed by atoms with Gasteiger partial charge in [-0.15, -0.1) is 0 Å². The molecular formula is C17H30N6O2. The third-order valence-electron chi connectivity index (χ3n) is 3.85. The van der Waals surface area contributed by atoms with Gasteiger partial charge in [0.25, 0.3) is 0 Å². The van der Waals surface area contributed by atoms with E-state index < -0.39 is 6.09 Å². The highest BCUT2D eigenvalue weighted by Crippen LogP contribution is 2.22. The number of nitrogens with two attached hydrogens (primary N) is 1. The number of alkyl carbamates (subject to hydrolysis) is 1. The Labute approximate surface area is 149 Å². The van der Waals surface area contributed by atoms with Gasteiger partial charge in [0.05, 0.1) is 18.4 Å². The molecule has 0 spiro atoms. The summed E-state index contributed by atoms with van der Waals surface area (Å²) in [6, 6.07) is 0.430. The largest absolute Gasteiger partial charge is 0.445 e. The van der Waals surface area contributed by atoms with E-state index in [0.29, 0.717) is 30.0 Å². The van der Waals surface area contributed by atoms with Crippen LogP contribution in [0.25, 0.3) is 0 Å².